The second-order valence-electron chi connectivity index (χ2n) is 3.18. The second-order valence-corrected chi connectivity index (χ2v) is 3.18. The average molecular weight is 176 g/mol. The predicted molar refractivity (Wildman–Crippen MR) is 49.9 cm³/mol. The largest absolute Gasteiger partial charge is 0.289 e. The molecule has 0 spiro atoms. The number of carbonyl (C=O) groups is 1. The van der Waals surface area contributed by atoms with Crippen LogP contribution in [0.3, 0.4) is 0 Å². The number of hydrogen-bond acceptors (Lipinski definition) is 2. The van der Waals surface area contributed by atoms with E-state index in [1.54, 1.807) is 0 Å². The quantitative estimate of drug-likeness (QED) is 0.683. The van der Waals surface area contributed by atoms with Gasteiger partial charge in [0.15, 0.2) is 0 Å². The van der Waals surface area contributed by atoms with Gasteiger partial charge in [0.25, 0.3) is 0 Å². The third-order valence-corrected chi connectivity index (χ3v) is 1.94. The molecule has 1 aromatic rings. The lowest BCUT2D eigenvalue weighted by atomic mass is 10.1. The van der Waals surface area contributed by atoms with Crippen LogP contribution < -0.4 is 5.43 Å². The average Bonchev–Trinajstić information content (AvgIpc) is 2.90. The van der Waals surface area contributed by atoms with Crippen LogP contribution in [-0.2, 0) is 11.2 Å². The summed E-state index contributed by atoms with van der Waals surface area (Å²) in [6, 6.07) is 9.76. The SMILES string of the molecule is O=C(Cc1ccccc1)NN1CC1. The molecule has 1 aliphatic heterocycles. The number of nitrogens with zero attached hydrogens (tertiary/aromatic N) is 1. The van der Waals surface area contributed by atoms with E-state index in [0.29, 0.717) is 6.42 Å². The minimum absolute atomic E-state index is 0.0729. The summed E-state index contributed by atoms with van der Waals surface area (Å²) < 4.78 is 0. The third-order valence-electron chi connectivity index (χ3n) is 1.94. The van der Waals surface area contributed by atoms with Crippen LogP contribution in [0.4, 0.5) is 0 Å². The minimum atomic E-state index is 0.0729. The second kappa shape index (κ2) is 3.58. The number of benzene rings is 1. The van der Waals surface area contributed by atoms with Gasteiger partial charge in [-0.25, -0.2) is 5.01 Å². The van der Waals surface area contributed by atoms with Crippen LogP contribution >= 0.6 is 0 Å². The maximum atomic E-state index is 11.3. The van der Waals surface area contributed by atoms with Crippen molar-refractivity contribution in [3.63, 3.8) is 0 Å². The fourth-order valence-corrected chi connectivity index (χ4v) is 1.16. The van der Waals surface area contributed by atoms with Crippen LogP contribution in [0.1, 0.15) is 5.56 Å². The van der Waals surface area contributed by atoms with Crippen LogP contribution in [0.2, 0.25) is 0 Å². The van der Waals surface area contributed by atoms with Gasteiger partial charge in [-0.15, -0.1) is 0 Å². The van der Waals surface area contributed by atoms with Gasteiger partial charge >= 0.3 is 0 Å². The molecule has 1 amide bonds. The van der Waals surface area contributed by atoms with Crippen LogP contribution in [-0.4, -0.2) is 24.0 Å². The zero-order chi connectivity index (χ0) is 9.10. The van der Waals surface area contributed by atoms with E-state index in [2.05, 4.69) is 5.43 Å². The molecule has 0 aromatic heterocycles. The molecule has 0 aliphatic carbocycles. The Morgan fingerprint density at radius 3 is 2.62 bits per heavy atom. The molecule has 3 nitrogen and oxygen atoms in total. The monoisotopic (exact) mass is 176 g/mol. The molecule has 1 N–H and O–H groups in total. The van der Waals surface area contributed by atoms with E-state index in [1.165, 1.54) is 0 Å². The molecule has 0 saturated carbocycles. The summed E-state index contributed by atoms with van der Waals surface area (Å²) in [4.78, 5) is 11.3. The van der Waals surface area contributed by atoms with Gasteiger partial charge in [-0.3, -0.25) is 10.2 Å². The van der Waals surface area contributed by atoms with Crippen molar-refractivity contribution in [2.75, 3.05) is 13.1 Å². The van der Waals surface area contributed by atoms with Crippen molar-refractivity contribution in [2.45, 2.75) is 6.42 Å². The lowest BCUT2D eigenvalue weighted by molar-refractivity contribution is -0.123. The first-order valence-electron chi connectivity index (χ1n) is 4.43. The normalized spacial score (nSPS) is 15.4. The first-order chi connectivity index (χ1) is 6.34. The van der Waals surface area contributed by atoms with E-state index in [1.807, 2.05) is 35.3 Å². The highest BCUT2D eigenvalue weighted by Gasteiger charge is 2.19. The van der Waals surface area contributed by atoms with Crippen molar-refractivity contribution >= 4 is 5.91 Å². The Labute approximate surface area is 77.3 Å². The number of rotatable bonds is 3. The summed E-state index contributed by atoms with van der Waals surface area (Å²) in [7, 11) is 0. The van der Waals surface area contributed by atoms with Crippen molar-refractivity contribution < 1.29 is 4.79 Å². The Kier molecular flexibility index (Phi) is 2.27. The molecule has 0 unspecified atom stereocenters. The zero-order valence-corrected chi connectivity index (χ0v) is 7.36. The number of hydrogen-bond donors (Lipinski definition) is 1. The zero-order valence-electron chi connectivity index (χ0n) is 7.36. The molecule has 3 heteroatoms. The Morgan fingerprint density at radius 1 is 1.31 bits per heavy atom. The first-order valence-corrected chi connectivity index (χ1v) is 4.43. The van der Waals surface area contributed by atoms with Gasteiger partial charge < -0.3 is 0 Å². The van der Waals surface area contributed by atoms with Gasteiger partial charge in [0, 0.05) is 13.1 Å². The lowest BCUT2D eigenvalue weighted by Gasteiger charge is -2.03. The number of nitrogens with one attached hydrogen (secondary N) is 1. The van der Waals surface area contributed by atoms with E-state index in [9.17, 15) is 4.79 Å². The van der Waals surface area contributed by atoms with Crippen molar-refractivity contribution in [2.24, 2.45) is 0 Å². The van der Waals surface area contributed by atoms with E-state index < -0.39 is 0 Å². The molecule has 1 heterocycles. The van der Waals surface area contributed by atoms with E-state index in [-0.39, 0.29) is 5.91 Å². The van der Waals surface area contributed by atoms with Crippen LogP contribution in [0.5, 0.6) is 0 Å². The molecule has 68 valence electrons. The standard InChI is InChI=1S/C10H12N2O/c13-10(11-12-6-7-12)8-9-4-2-1-3-5-9/h1-5H,6-8H2,(H,11,13). The Hall–Kier alpha value is -1.35. The first kappa shape index (κ1) is 8.26. The summed E-state index contributed by atoms with van der Waals surface area (Å²) in [6.45, 7) is 1.97. The maximum Gasteiger partial charge on any atom is 0.238 e. The molecule has 1 aromatic carbocycles. The van der Waals surface area contributed by atoms with Crippen LogP contribution in [0.15, 0.2) is 30.3 Å². The Morgan fingerprint density at radius 2 is 2.00 bits per heavy atom. The molecule has 1 fully saturated rings. The summed E-state index contributed by atoms with van der Waals surface area (Å²) in [5.41, 5.74) is 3.85. The predicted octanol–water partition coefficient (Wildman–Crippen LogP) is 0.576. The highest BCUT2D eigenvalue weighted by Crippen LogP contribution is 2.01. The van der Waals surface area contributed by atoms with E-state index in [0.717, 1.165) is 18.7 Å². The van der Waals surface area contributed by atoms with E-state index >= 15 is 0 Å². The summed E-state index contributed by atoms with van der Waals surface area (Å²) >= 11 is 0. The molecule has 1 aliphatic rings. The third kappa shape index (κ3) is 2.56. The Bertz CT molecular complexity index is 293. The fraction of sp³-hybridized carbons (Fsp3) is 0.300. The molecular formula is C10H12N2O. The van der Waals surface area contributed by atoms with Crippen LogP contribution in [0.25, 0.3) is 0 Å². The highest BCUT2D eigenvalue weighted by molar-refractivity contribution is 5.78. The van der Waals surface area contributed by atoms with Gasteiger partial charge in [0.05, 0.1) is 6.42 Å². The summed E-state index contributed by atoms with van der Waals surface area (Å²) in [5, 5.41) is 1.89. The number of amides is 1. The number of carbonyl (C=O) groups excluding carboxylic acids is 1. The fourth-order valence-electron chi connectivity index (χ4n) is 1.16. The van der Waals surface area contributed by atoms with Gasteiger partial charge in [-0.1, -0.05) is 30.3 Å². The molecular weight excluding hydrogens is 164 g/mol. The highest BCUT2D eigenvalue weighted by atomic mass is 16.2. The minimum Gasteiger partial charge on any atom is -0.289 e. The molecule has 1 saturated heterocycles. The smallest absolute Gasteiger partial charge is 0.238 e. The van der Waals surface area contributed by atoms with Gasteiger partial charge in [0.1, 0.15) is 0 Å². The lowest BCUT2D eigenvalue weighted by Crippen LogP contribution is -2.30. The van der Waals surface area contributed by atoms with Crippen LogP contribution in [0, 0.1) is 0 Å². The number of hydrazine groups is 1. The molecule has 2 rings (SSSR count). The Balaban J connectivity index is 1.86. The van der Waals surface area contributed by atoms with Crippen molar-refractivity contribution in [1.82, 2.24) is 10.4 Å². The maximum absolute atomic E-state index is 11.3. The topological polar surface area (TPSA) is 32.1 Å². The van der Waals surface area contributed by atoms with Gasteiger partial charge in [-0.2, -0.15) is 0 Å². The molecule has 0 bridgehead atoms. The van der Waals surface area contributed by atoms with Crippen molar-refractivity contribution in [3.05, 3.63) is 35.9 Å². The molecule has 13 heavy (non-hydrogen) atoms. The summed E-state index contributed by atoms with van der Waals surface area (Å²) in [5.74, 6) is 0.0729. The van der Waals surface area contributed by atoms with Gasteiger partial charge in [-0.05, 0) is 5.56 Å². The van der Waals surface area contributed by atoms with E-state index in [4.69, 9.17) is 0 Å². The molecule has 0 atom stereocenters. The van der Waals surface area contributed by atoms with Crippen molar-refractivity contribution in [1.29, 1.82) is 0 Å². The summed E-state index contributed by atoms with van der Waals surface area (Å²) in [6.07, 6.45) is 0.470. The van der Waals surface area contributed by atoms with Crippen molar-refractivity contribution in [3.8, 4) is 0 Å². The molecule has 0 radical (unpaired) electrons. The van der Waals surface area contributed by atoms with Gasteiger partial charge in [0.2, 0.25) is 5.91 Å².